The number of carbonyl (C=O) groups excluding carboxylic acids is 2. The highest BCUT2D eigenvalue weighted by atomic mass is 35.5. The second kappa shape index (κ2) is 8.61. The molecule has 0 radical (unpaired) electrons. The summed E-state index contributed by atoms with van der Waals surface area (Å²) in [6.45, 7) is 1.70. The normalized spacial score (nSPS) is 22.4. The monoisotopic (exact) mass is 392 g/mol. The molecule has 0 spiro atoms. The van der Waals surface area contributed by atoms with Gasteiger partial charge in [0.2, 0.25) is 5.91 Å². The molecule has 1 saturated heterocycles. The van der Waals surface area contributed by atoms with E-state index in [4.69, 9.17) is 16.3 Å². The van der Waals surface area contributed by atoms with Gasteiger partial charge in [0, 0.05) is 0 Å². The maximum Gasteiger partial charge on any atom is 0.410 e. The van der Waals surface area contributed by atoms with Crippen LogP contribution in [0, 0.1) is 11.6 Å². The number of β-amino-alcohol motifs (C(OH)–C–C–N with tert-alkyl or cyclic N) is 1. The molecule has 1 aromatic rings. The minimum absolute atomic E-state index is 0.120. The summed E-state index contributed by atoms with van der Waals surface area (Å²) in [7, 11) is 0. The summed E-state index contributed by atoms with van der Waals surface area (Å²) in [6, 6.07) is 0.316. The fraction of sp³-hybridized carbons (Fsp3) is 0.500. The van der Waals surface area contributed by atoms with Gasteiger partial charge in [0.15, 0.2) is 5.82 Å². The fourth-order valence-electron chi connectivity index (χ4n) is 2.52. The van der Waals surface area contributed by atoms with Gasteiger partial charge in [0.05, 0.1) is 18.8 Å². The first kappa shape index (κ1) is 20.3. The van der Waals surface area contributed by atoms with Crippen molar-refractivity contribution in [3.8, 4) is 0 Å². The van der Waals surface area contributed by atoms with E-state index in [9.17, 15) is 28.6 Å². The molecule has 0 aromatic heterocycles. The SMILES string of the molecule is CCCCOC(=O)N1CC(O)C(O)C1C(=O)Nc1ccc(F)c(Cl)c1F. The van der Waals surface area contributed by atoms with Crippen LogP contribution < -0.4 is 5.32 Å². The molecule has 7 nitrogen and oxygen atoms in total. The maximum atomic E-state index is 13.9. The third-order valence-electron chi connectivity index (χ3n) is 3.96. The average molecular weight is 393 g/mol. The number of nitrogens with one attached hydrogen (secondary N) is 1. The minimum atomic E-state index is -1.59. The Labute approximate surface area is 153 Å². The zero-order valence-electron chi connectivity index (χ0n) is 13.9. The van der Waals surface area contributed by atoms with E-state index in [1.165, 1.54) is 0 Å². The number of hydrogen-bond donors (Lipinski definition) is 3. The Morgan fingerprint density at radius 2 is 2.08 bits per heavy atom. The fourth-order valence-corrected chi connectivity index (χ4v) is 2.68. The highest BCUT2D eigenvalue weighted by Gasteiger charge is 2.47. The molecule has 0 aliphatic carbocycles. The van der Waals surface area contributed by atoms with Crippen molar-refractivity contribution in [1.29, 1.82) is 0 Å². The van der Waals surface area contributed by atoms with Gasteiger partial charge in [-0.3, -0.25) is 9.69 Å². The number of unbranched alkanes of at least 4 members (excludes halogenated alkanes) is 1. The first-order chi connectivity index (χ1) is 12.3. The minimum Gasteiger partial charge on any atom is -0.449 e. The lowest BCUT2D eigenvalue weighted by atomic mass is 10.1. The summed E-state index contributed by atoms with van der Waals surface area (Å²) >= 11 is 5.45. The maximum absolute atomic E-state index is 13.9. The molecule has 3 N–H and O–H groups in total. The third kappa shape index (κ3) is 4.22. The summed E-state index contributed by atoms with van der Waals surface area (Å²) in [6.07, 6.45) is -2.45. The number of anilines is 1. The predicted molar refractivity (Wildman–Crippen MR) is 88.8 cm³/mol. The van der Waals surface area contributed by atoms with Gasteiger partial charge in [-0.25, -0.2) is 13.6 Å². The van der Waals surface area contributed by atoms with E-state index >= 15 is 0 Å². The second-order valence-corrected chi connectivity index (χ2v) is 6.21. The van der Waals surface area contributed by atoms with Gasteiger partial charge in [-0.2, -0.15) is 0 Å². The van der Waals surface area contributed by atoms with Crippen LogP contribution in [0.25, 0.3) is 0 Å². The van der Waals surface area contributed by atoms with Crippen LogP contribution in [0.5, 0.6) is 0 Å². The Morgan fingerprint density at radius 1 is 1.38 bits per heavy atom. The second-order valence-electron chi connectivity index (χ2n) is 5.84. The molecule has 144 valence electrons. The lowest BCUT2D eigenvalue weighted by molar-refractivity contribution is -0.123. The third-order valence-corrected chi connectivity index (χ3v) is 4.30. The van der Waals surface area contributed by atoms with E-state index in [0.29, 0.717) is 6.42 Å². The molecule has 1 heterocycles. The Hall–Kier alpha value is -1.97. The Balaban J connectivity index is 2.16. The van der Waals surface area contributed by atoms with Gasteiger partial charge in [0.25, 0.3) is 0 Å². The highest BCUT2D eigenvalue weighted by molar-refractivity contribution is 6.31. The number of ether oxygens (including phenoxy) is 1. The van der Waals surface area contributed by atoms with Crippen molar-refractivity contribution in [2.24, 2.45) is 0 Å². The van der Waals surface area contributed by atoms with Crippen molar-refractivity contribution < 1.29 is 33.3 Å². The van der Waals surface area contributed by atoms with E-state index in [0.717, 1.165) is 23.5 Å². The molecule has 10 heteroatoms. The number of amides is 2. The Kier molecular flexibility index (Phi) is 6.74. The van der Waals surface area contributed by atoms with Gasteiger partial charge in [-0.15, -0.1) is 0 Å². The Bertz CT molecular complexity index is 691. The molecule has 1 aliphatic rings. The van der Waals surface area contributed by atoms with Crippen LogP contribution in [0.15, 0.2) is 12.1 Å². The molecule has 0 saturated carbocycles. The van der Waals surface area contributed by atoms with Gasteiger partial charge < -0.3 is 20.3 Å². The van der Waals surface area contributed by atoms with Crippen molar-refractivity contribution in [2.75, 3.05) is 18.5 Å². The van der Waals surface area contributed by atoms with E-state index in [-0.39, 0.29) is 13.2 Å². The number of rotatable bonds is 5. The lowest BCUT2D eigenvalue weighted by Crippen LogP contribution is -2.48. The molecular weight excluding hydrogens is 374 g/mol. The molecule has 26 heavy (non-hydrogen) atoms. The molecule has 0 bridgehead atoms. The molecule has 2 amide bonds. The van der Waals surface area contributed by atoms with Crippen molar-refractivity contribution in [2.45, 2.75) is 38.0 Å². The number of nitrogens with zero attached hydrogens (tertiary/aromatic N) is 1. The van der Waals surface area contributed by atoms with Crippen LogP contribution in [-0.4, -0.2) is 58.5 Å². The number of halogens is 3. The summed E-state index contributed by atoms with van der Waals surface area (Å²) in [5.74, 6) is -3.16. The van der Waals surface area contributed by atoms with Gasteiger partial charge in [-0.1, -0.05) is 24.9 Å². The largest absolute Gasteiger partial charge is 0.449 e. The van der Waals surface area contributed by atoms with E-state index < -0.39 is 52.6 Å². The van der Waals surface area contributed by atoms with Crippen molar-refractivity contribution in [3.63, 3.8) is 0 Å². The number of carbonyl (C=O) groups is 2. The topological polar surface area (TPSA) is 99.1 Å². The van der Waals surface area contributed by atoms with Gasteiger partial charge >= 0.3 is 6.09 Å². The lowest BCUT2D eigenvalue weighted by Gasteiger charge is -2.24. The summed E-state index contributed by atoms with van der Waals surface area (Å²) < 4.78 is 32.1. The van der Waals surface area contributed by atoms with Crippen molar-refractivity contribution in [1.82, 2.24) is 4.90 Å². The molecule has 2 rings (SSSR count). The Morgan fingerprint density at radius 3 is 2.73 bits per heavy atom. The van der Waals surface area contributed by atoms with Crippen LogP contribution in [0.2, 0.25) is 5.02 Å². The summed E-state index contributed by atoms with van der Waals surface area (Å²) in [5, 5.41) is 21.1. The zero-order chi connectivity index (χ0) is 19.4. The molecular formula is C16H19ClF2N2O5. The molecule has 3 atom stereocenters. The van der Waals surface area contributed by atoms with Crippen LogP contribution >= 0.6 is 11.6 Å². The molecule has 1 aliphatic heterocycles. The quantitative estimate of drug-likeness (QED) is 0.525. The first-order valence-corrected chi connectivity index (χ1v) is 8.39. The van der Waals surface area contributed by atoms with Crippen molar-refractivity contribution in [3.05, 3.63) is 28.8 Å². The standard InChI is InChI=1S/C16H19ClF2N2O5/c1-2-3-6-26-16(25)21-7-10(22)14(23)13(21)15(24)20-9-5-4-8(18)11(17)12(9)19/h4-5,10,13-14,22-23H,2-3,6-7H2,1H3,(H,20,24). The van der Waals surface area contributed by atoms with Gasteiger partial charge in [-0.05, 0) is 18.6 Å². The van der Waals surface area contributed by atoms with E-state index in [1.54, 1.807) is 0 Å². The highest BCUT2D eigenvalue weighted by Crippen LogP contribution is 2.27. The molecule has 1 aromatic carbocycles. The number of aliphatic hydroxyl groups excluding tert-OH is 2. The average Bonchev–Trinajstić information content (AvgIpc) is 2.91. The van der Waals surface area contributed by atoms with Crippen LogP contribution in [-0.2, 0) is 9.53 Å². The number of benzene rings is 1. The van der Waals surface area contributed by atoms with Crippen LogP contribution in [0.1, 0.15) is 19.8 Å². The summed E-state index contributed by atoms with van der Waals surface area (Å²) in [4.78, 5) is 25.4. The van der Waals surface area contributed by atoms with Crippen molar-refractivity contribution >= 4 is 29.3 Å². The first-order valence-electron chi connectivity index (χ1n) is 8.01. The summed E-state index contributed by atoms with van der Waals surface area (Å²) in [5.41, 5.74) is -0.422. The smallest absolute Gasteiger partial charge is 0.410 e. The molecule has 3 unspecified atom stereocenters. The van der Waals surface area contributed by atoms with Gasteiger partial charge in [0.1, 0.15) is 29.1 Å². The van der Waals surface area contributed by atoms with Crippen LogP contribution in [0.3, 0.4) is 0 Å². The number of aliphatic hydroxyl groups is 2. The zero-order valence-corrected chi connectivity index (χ0v) is 14.7. The predicted octanol–water partition coefficient (Wildman–Crippen LogP) is 1.90. The number of hydrogen-bond acceptors (Lipinski definition) is 5. The van der Waals surface area contributed by atoms with Crippen LogP contribution in [0.4, 0.5) is 19.3 Å². The van der Waals surface area contributed by atoms with E-state index in [2.05, 4.69) is 5.32 Å². The van der Waals surface area contributed by atoms with E-state index in [1.807, 2.05) is 6.92 Å². The molecule has 1 fully saturated rings. The number of likely N-dealkylation sites (tertiary alicyclic amines) is 1.